The second kappa shape index (κ2) is 7.88. The van der Waals surface area contributed by atoms with E-state index in [1.807, 2.05) is 47.6 Å². The Morgan fingerprint density at radius 3 is 1.97 bits per heavy atom. The van der Waals surface area contributed by atoms with Gasteiger partial charge in [0.25, 0.3) is 0 Å². The van der Waals surface area contributed by atoms with Gasteiger partial charge in [0, 0.05) is 28.4 Å². The molecule has 0 aliphatic carbocycles. The van der Waals surface area contributed by atoms with Gasteiger partial charge in [0.1, 0.15) is 0 Å². The third kappa shape index (κ3) is 3.25. The highest BCUT2D eigenvalue weighted by molar-refractivity contribution is 6.09. The molecule has 0 atom stereocenters. The first-order valence-electron chi connectivity index (χ1n) is 10.3. The molecule has 3 heteroatoms. The number of para-hydroxylation sites is 3. The summed E-state index contributed by atoms with van der Waals surface area (Å²) in [6, 6.07) is 35.7. The summed E-state index contributed by atoms with van der Waals surface area (Å²) in [7, 11) is 0. The van der Waals surface area contributed by atoms with Crippen LogP contribution in [0.3, 0.4) is 0 Å². The fraction of sp³-hybridized carbons (Fsp3) is 0.0741. The Kier molecular flexibility index (Phi) is 4.78. The van der Waals surface area contributed by atoms with Crippen LogP contribution in [0.1, 0.15) is 12.5 Å². The summed E-state index contributed by atoms with van der Waals surface area (Å²) in [6.07, 6.45) is 1.94. The van der Waals surface area contributed by atoms with Gasteiger partial charge in [-0.1, -0.05) is 60.7 Å². The molecule has 0 saturated heterocycles. The van der Waals surface area contributed by atoms with Gasteiger partial charge in [-0.3, -0.25) is 0 Å². The number of aryl methyl sites for hydroxylation is 1. The van der Waals surface area contributed by atoms with Crippen molar-refractivity contribution in [2.24, 2.45) is 5.10 Å². The van der Waals surface area contributed by atoms with Crippen LogP contribution in [0.25, 0.3) is 21.8 Å². The van der Waals surface area contributed by atoms with E-state index >= 15 is 0 Å². The summed E-state index contributed by atoms with van der Waals surface area (Å²) < 4.78 is 2.37. The summed E-state index contributed by atoms with van der Waals surface area (Å²) in [5.74, 6) is 0. The Hall–Kier alpha value is -3.85. The molecule has 0 radical (unpaired) electrons. The second-order valence-corrected chi connectivity index (χ2v) is 7.27. The number of rotatable bonds is 5. The lowest BCUT2D eigenvalue weighted by Gasteiger charge is -2.19. The van der Waals surface area contributed by atoms with Crippen LogP contribution >= 0.6 is 0 Å². The average molecular weight is 390 g/mol. The minimum absolute atomic E-state index is 0.952. The van der Waals surface area contributed by atoms with E-state index in [9.17, 15) is 0 Å². The number of hydrogen-bond acceptors (Lipinski definition) is 2. The predicted molar refractivity (Wildman–Crippen MR) is 128 cm³/mol. The highest BCUT2D eigenvalue weighted by Gasteiger charge is 2.10. The molecule has 5 rings (SSSR count). The Bertz CT molecular complexity index is 1280. The van der Waals surface area contributed by atoms with Crippen molar-refractivity contribution in [3.63, 3.8) is 0 Å². The van der Waals surface area contributed by atoms with Crippen molar-refractivity contribution in [3.8, 4) is 0 Å². The number of anilines is 2. The van der Waals surface area contributed by atoms with Crippen LogP contribution in [0, 0.1) is 0 Å². The van der Waals surface area contributed by atoms with E-state index in [2.05, 4.69) is 78.2 Å². The standard InChI is InChI=1S/C27H23N3/c1-2-29-26-16-10-9-15-24(26)25-19-21(17-18-27(25)29)20-28-30(22-11-5-3-6-12-22)23-13-7-4-8-14-23/h3-20H,2H2,1H3/b28-20+. The predicted octanol–water partition coefficient (Wildman–Crippen LogP) is 6.99. The van der Waals surface area contributed by atoms with Gasteiger partial charge in [-0.25, -0.2) is 5.01 Å². The van der Waals surface area contributed by atoms with E-state index in [4.69, 9.17) is 5.10 Å². The zero-order chi connectivity index (χ0) is 20.3. The van der Waals surface area contributed by atoms with Crippen molar-refractivity contribution in [2.75, 3.05) is 5.01 Å². The maximum atomic E-state index is 4.85. The maximum Gasteiger partial charge on any atom is 0.0652 e. The molecule has 0 aliphatic heterocycles. The number of hydrogen-bond donors (Lipinski definition) is 0. The lowest BCUT2D eigenvalue weighted by Crippen LogP contribution is -2.09. The molecule has 0 unspecified atom stereocenters. The van der Waals surface area contributed by atoms with E-state index < -0.39 is 0 Å². The Morgan fingerprint density at radius 2 is 1.30 bits per heavy atom. The van der Waals surface area contributed by atoms with Gasteiger partial charge in [-0.05, 0) is 55.0 Å². The van der Waals surface area contributed by atoms with Crippen LogP contribution in [0.15, 0.2) is 108 Å². The van der Waals surface area contributed by atoms with Crippen LogP contribution in [-0.4, -0.2) is 10.8 Å². The number of nitrogens with zero attached hydrogens (tertiary/aromatic N) is 3. The number of fused-ring (bicyclic) bond motifs is 3. The first-order valence-corrected chi connectivity index (χ1v) is 10.3. The molecule has 1 aromatic heterocycles. The number of hydrazone groups is 1. The van der Waals surface area contributed by atoms with Gasteiger partial charge in [-0.2, -0.15) is 5.10 Å². The topological polar surface area (TPSA) is 20.5 Å². The first kappa shape index (κ1) is 18.2. The minimum Gasteiger partial charge on any atom is -0.341 e. The van der Waals surface area contributed by atoms with E-state index in [0.717, 1.165) is 23.5 Å². The van der Waals surface area contributed by atoms with Crippen LogP contribution in [0.5, 0.6) is 0 Å². The third-order valence-electron chi connectivity index (χ3n) is 5.44. The molecule has 30 heavy (non-hydrogen) atoms. The van der Waals surface area contributed by atoms with Gasteiger partial charge in [0.2, 0.25) is 0 Å². The summed E-state index contributed by atoms with van der Waals surface area (Å²) in [6.45, 7) is 3.14. The monoisotopic (exact) mass is 389 g/mol. The molecule has 5 aromatic rings. The molecular formula is C27H23N3. The van der Waals surface area contributed by atoms with Gasteiger partial charge >= 0.3 is 0 Å². The fourth-order valence-electron chi connectivity index (χ4n) is 4.04. The van der Waals surface area contributed by atoms with Crippen molar-refractivity contribution in [1.82, 2.24) is 4.57 Å². The first-order chi connectivity index (χ1) is 14.8. The van der Waals surface area contributed by atoms with Crippen LogP contribution < -0.4 is 5.01 Å². The zero-order valence-electron chi connectivity index (χ0n) is 16.9. The summed E-state index contributed by atoms with van der Waals surface area (Å²) in [5, 5.41) is 9.37. The second-order valence-electron chi connectivity index (χ2n) is 7.27. The molecule has 1 heterocycles. The minimum atomic E-state index is 0.952. The normalized spacial score (nSPS) is 11.5. The third-order valence-corrected chi connectivity index (χ3v) is 5.44. The van der Waals surface area contributed by atoms with Crippen molar-refractivity contribution in [3.05, 3.63) is 109 Å². The molecule has 0 saturated carbocycles. The SMILES string of the molecule is CCn1c2ccccc2c2cc(/C=N/N(c3ccccc3)c3ccccc3)ccc21. The van der Waals surface area contributed by atoms with Gasteiger partial charge in [-0.15, -0.1) is 0 Å². The lowest BCUT2D eigenvalue weighted by atomic mass is 10.1. The van der Waals surface area contributed by atoms with Crippen molar-refractivity contribution < 1.29 is 0 Å². The largest absolute Gasteiger partial charge is 0.341 e. The Balaban J connectivity index is 1.59. The van der Waals surface area contributed by atoms with E-state index in [1.54, 1.807) is 0 Å². The van der Waals surface area contributed by atoms with Gasteiger partial charge < -0.3 is 4.57 Å². The smallest absolute Gasteiger partial charge is 0.0652 e. The fourth-order valence-corrected chi connectivity index (χ4v) is 4.04. The maximum absolute atomic E-state index is 4.85. The number of benzene rings is 4. The quantitative estimate of drug-likeness (QED) is 0.234. The summed E-state index contributed by atoms with van der Waals surface area (Å²) in [5.41, 5.74) is 5.68. The molecule has 4 aromatic carbocycles. The molecule has 0 bridgehead atoms. The van der Waals surface area contributed by atoms with Gasteiger partial charge in [0.05, 0.1) is 17.6 Å². The summed E-state index contributed by atoms with van der Waals surface area (Å²) >= 11 is 0. The highest BCUT2D eigenvalue weighted by atomic mass is 15.5. The summed E-state index contributed by atoms with van der Waals surface area (Å²) in [4.78, 5) is 0. The molecule has 0 N–H and O–H groups in total. The molecule has 0 amide bonds. The Labute approximate surface area is 176 Å². The Morgan fingerprint density at radius 1 is 0.700 bits per heavy atom. The molecule has 3 nitrogen and oxygen atoms in total. The number of aromatic nitrogens is 1. The highest BCUT2D eigenvalue weighted by Crippen LogP contribution is 2.30. The molecule has 0 spiro atoms. The van der Waals surface area contributed by atoms with E-state index in [-0.39, 0.29) is 0 Å². The van der Waals surface area contributed by atoms with E-state index in [0.29, 0.717) is 0 Å². The van der Waals surface area contributed by atoms with Crippen LogP contribution in [0.4, 0.5) is 11.4 Å². The van der Waals surface area contributed by atoms with Crippen molar-refractivity contribution in [1.29, 1.82) is 0 Å². The van der Waals surface area contributed by atoms with Crippen molar-refractivity contribution in [2.45, 2.75) is 13.5 Å². The average Bonchev–Trinajstić information content (AvgIpc) is 3.14. The zero-order valence-corrected chi connectivity index (χ0v) is 16.9. The molecular weight excluding hydrogens is 366 g/mol. The van der Waals surface area contributed by atoms with Gasteiger partial charge in [0.15, 0.2) is 0 Å². The molecule has 0 aliphatic rings. The van der Waals surface area contributed by atoms with Crippen LogP contribution in [0.2, 0.25) is 0 Å². The molecule has 146 valence electrons. The molecule has 0 fully saturated rings. The van der Waals surface area contributed by atoms with E-state index in [1.165, 1.54) is 21.8 Å². The van der Waals surface area contributed by atoms with Crippen molar-refractivity contribution >= 4 is 39.4 Å². The lowest BCUT2D eigenvalue weighted by molar-refractivity contribution is 0.827. The van der Waals surface area contributed by atoms with Crippen LogP contribution in [-0.2, 0) is 6.54 Å².